The van der Waals surface area contributed by atoms with E-state index in [1.807, 2.05) is 0 Å². The maximum absolute atomic E-state index is 5.66. The van der Waals surface area contributed by atoms with Crippen molar-refractivity contribution in [3.8, 4) is 0 Å². The van der Waals surface area contributed by atoms with Crippen LogP contribution in [0.3, 0.4) is 0 Å². The summed E-state index contributed by atoms with van der Waals surface area (Å²) in [7, 11) is 0. The molecule has 0 radical (unpaired) electrons. The number of halogens is 1. The fourth-order valence-electron chi connectivity index (χ4n) is 1.15. The van der Waals surface area contributed by atoms with Crippen LogP contribution >= 0.6 is 12.4 Å². The van der Waals surface area contributed by atoms with Gasteiger partial charge in [0.15, 0.2) is 0 Å². The molecule has 9 heavy (non-hydrogen) atoms. The maximum atomic E-state index is 5.66. The van der Waals surface area contributed by atoms with Crippen molar-refractivity contribution < 1.29 is 0 Å². The van der Waals surface area contributed by atoms with Crippen molar-refractivity contribution in [1.29, 1.82) is 0 Å². The Morgan fingerprint density at radius 1 is 1.67 bits per heavy atom. The first-order valence-electron chi connectivity index (χ1n) is 3.31. The monoisotopic (exact) mass is 150 g/mol. The van der Waals surface area contributed by atoms with Crippen LogP contribution in [0.25, 0.3) is 0 Å². The molecule has 0 unspecified atom stereocenters. The first-order valence-corrected chi connectivity index (χ1v) is 3.31. The predicted octanol–water partition coefficient (Wildman–Crippen LogP) is 0.461. The maximum Gasteiger partial charge on any atom is 0.0180 e. The lowest BCUT2D eigenvalue weighted by molar-refractivity contribution is 0.354. The molecular weight excluding hydrogens is 136 g/mol. The molecule has 1 heterocycles. The zero-order chi connectivity index (χ0) is 5.98. The average molecular weight is 151 g/mol. The SMILES string of the molecule is CCN1CC[C@H](N)C1.Cl. The number of likely N-dealkylation sites (N-methyl/N-ethyl adjacent to an activating group) is 1. The van der Waals surface area contributed by atoms with Crippen LogP contribution in [0.4, 0.5) is 0 Å². The highest BCUT2D eigenvalue weighted by molar-refractivity contribution is 5.85. The van der Waals surface area contributed by atoms with Gasteiger partial charge in [-0.2, -0.15) is 0 Å². The van der Waals surface area contributed by atoms with Gasteiger partial charge in [0.25, 0.3) is 0 Å². The summed E-state index contributed by atoms with van der Waals surface area (Å²) in [5.74, 6) is 0. The molecular formula is C6H15ClN2. The minimum atomic E-state index is 0. The van der Waals surface area contributed by atoms with Gasteiger partial charge in [-0.3, -0.25) is 0 Å². The Kier molecular flexibility index (Phi) is 4.19. The van der Waals surface area contributed by atoms with Crippen molar-refractivity contribution in [3.05, 3.63) is 0 Å². The molecule has 0 bridgehead atoms. The van der Waals surface area contributed by atoms with E-state index in [0.717, 1.165) is 13.1 Å². The van der Waals surface area contributed by atoms with Crippen LogP contribution in [0.2, 0.25) is 0 Å². The van der Waals surface area contributed by atoms with Crippen molar-refractivity contribution in [2.75, 3.05) is 19.6 Å². The highest BCUT2D eigenvalue weighted by atomic mass is 35.5. The fraction of sp³-hybridized carbons (Fsp3) is 1.00. The molecule has 0 saturated carbocycles. The molecule has 0 aliphatic carbocycles. The van der Waals surface area contributed by atoms with Crippen LogP contribution in [0, 0.1) is 0 Å². The van der Waals surface area contributed by atoms with Gasteiger partial charge in [0.1, 0.15) is 0 Å². The van der Waals surface area contributed by atoms with Gasteiger partial charge in [0.2, 0.25) is 0 Å². The normalized spacial score (nSPS) is 28.0. The van der Waals surface area contributed by atoms with E-state index in [9.17, 15) is 0 Å². The smallest absolute Gasteiger partial charge is 0.0180 e. The standard InChI is InChI=1S/C6H14N2.ClH/c1-2-8-4-3-6(7)5-8;/h6H,2-5,7H2,1H3;1H/t6-;/m0./s1. The third-order valence-electron chi connectivity index (χ3n) is 1.76. The van der Waals surface area contributed by atoms with Crippen molar-refractivity contribution >= 4 is 12.4 Å². The second-order valence-electron chi connectivity index (χ2n) is 2.44. The van der Waals surface area contributed by atoms with E-state index in [2.05, 4.69) is 11.8 Å². The lowest BCUT2D eigenvalue weighted by Crippen LogP contribution is -2.26. The molecule has 1 rings (SSSR count). The van der Waals surface area contributed by atoms with E-state index in [4.69, 9.17) is 5.73 Å². The van der Waals surface area contributed by atoms with Gasteiger partial charge in [0, 0.05) is 12.6 Å². The third-order valence-corrected chi connectivity index (χ3v) is 1.76. The summed E-state index contributed by atoms with van der Waals surface area (Å²) < 4.78 is 0. The van der Waals surface area contributed by atoms with Crippen LogP contribution in [0.5, 0.6) is 0 Å². The Morgan fingerprint density at radius 3 is 2.56 bits per heavy atom. The molecule has 1 atom stereocenters. The molecule has 1 aliphatic rings. The fourth-order valence-corrected chi connectivity index (χ4v) is 1.15. The summed E-state index contributed by atoms with van der Waals surface area (Å²) in [5, 5.41) is 0. The number of likely N-dealkylation sites (tertiary alicyclic amines) is 1. The first-order chi connectivity index (χ1) is 3.83. The second kappa shape index (κ2) is 4.09. The van der Waals surface area contributed by atoms with E-state index in [-0.39, 0.29) is 12.4 Å². The molecule has 0 spiro atoms. The van der Waals surface area contributed by atoms with E-state index in [1.165, 1.54) is 13.0 Å². The Morgan fingerprint density at radius 2 is 2.33 bits per heavy atom. The van der Waals surface area contributed by atoms with Gasteiger partial charge in [-0.15, -0.1) is 12.4 Å². The minimum Gasteiger partial charge on any atom is -0.326 e. The molecule has 1 fully saturated rings. The molecule has 3 heteroatoms. The zero-order valence-electron chi connectivity index (χ0n) is 5.84. The largest absolute Gasteiger partial charge is 0.326 e. The summed E-state index contributed by atoms with van der Waals surface area (Å²) >= 11 is 0. The van der Waals surface area contributed by atoms with E-state index < -0.39 is 0 Å². The van der Waals surface area contributed by atoms with Gasteiger partial charge < -0.3 is 10.6 Å². The Labute approximate surface area is 62.8 Å². The van der Waals surface area contributed by atoms with Crippen molar-refractivity contribution in [2.24, 2.45) is 5.73 Å². The number of hydrogen-bond donors (Lipinski definition) is 1. The molecule has 56 valence electrons. The number of hydrogen-bond acceptors (Lipinski definition) is 2. The highest BCUT2D eigenvalue weighted by Crippen LogP contribution is 2.04. The second-order valence-corrected chi connectivity index (χ2v) is 2.44. The molecule has 2 N–H and O–H groups in total. The zero-order valence-corrected chi connectivity index (χ0v) is 6.66. The van der Waals surface area contributed by atoms with Crippen LogP contribution in [0.1, 0.15) is 13.3 Å². The highest BCUT2D eigenvalue weighted by Gasteiger charge is 2.16. The third kappa shape index (κ3) is 2.52. The van der Waals surface area contributed by atoms with Crippen LogP contribution in [-0.2, 0) is 0 Å². The van der Waals surface area contributed by atoms with Gasteiger partial charge in [-0.25, -0.2) is 0 Å². The van der Waals surface area contributed by atoms with E-state index >= 15 is 0 Å². The lowest BCUT2D eigenvalue weighted by atomic mass is 10.3. The summed E-state index contributed by atoms with van der Waals surface area (Å²) in [6, 6.07) is 0.454. The number of nitrogens with zero attached hydrogens (tertiary/aromatic N) is 1. The van der Waals surface area contributed by atoms with Crippen molar-refractivity contribution in [1.82, 2.24) is 4.90 Å². The topological polar surface area (TPSA) is 29.3 Å². The summed E-state index contributed by atoms with van der Waals surface area (Å²) in [4.78, 5) is 2.38. The van der Waals surface area contributed by atoms with Gasteiger partial charge >= 0.3 is 0 Å². The Hall–Kier alpha value is 0.210. The average Bonchev–Trinajstić information content (AvgIpc) is 2.14. The lowest BCUT2D eigenvalue weighted by Gasteiger charge is -2.09. The molecule has 0 amide bonds. The van der Waals surface area contributed by atoms with Gasteiger partial charge in [0.05, 0.1) is 0 Å². The molecule has 0 aromatic rings. The first kappa shape index (κ1) is 9.21. The molecule has 0 aromatic carbocycles. The van der Waals surface area contributed by atoms with E-state index in [0.29, 0.717) is 6.04 Å². The van der Waals surface area contributed by atoms with E-state index in [1.54, 1.807) is 0 Å². The number of rotatable bonds is 1. The summed E-state index contributed by atoms with van der Waals surface area (Å²) in [6.07, 6.45) is 1.19. The number of nitrogens with two attached hydrogens (primary N) is 1. The van der Waals surface area contributed by atoms with Crippen LogP contribution in [-0.4, -0.2) is 30.6 Å². The predicted molar refractivity (Wildman–Crippen MR) is 42.0 cm³/mol. The minimum absolute atomic E-state index is 0. The Balaban J connectivity index is 0.000000640. The molecule has 1 saturated heterocycles. The van der Waals surface area contributed by atoms with Crippen LogP contribution in [0.15, 0.2) is 0 Å². The molecule has 0 aromatic heterocycles. The van der Waals surface area contributed by atoms with Gasteiger partial charge in [-0.1, -0.05) is 6.92 Å². The van der Waals surface area contributed by atoms with Crippen LogP contribution < -0.4 is 5.73 Å². The summed E-state index contributed by atoms with van der Waals surface area (Å²) in [5.41, 5.74) is 5.66. The quantitative estimate of drug-likeness (QED) is 0.589. The molecule has 1 aliphatic heterocycles. The molecule has 2 nitrogen and oxygen atoms in total. The summed E-state index contributed by atoms with van der Waals surface area (Å²) in [6.45, 7) is 5.65. The van der Waals surface area contributed by atoms with Crippen molar-refractivity contribution in [3.63, 3.8) is 0 Å². The Bertz CT molecular complexity index is 77.5. The van der Waals surface area contributed by atoms with Crippen molar-refractivity contribution in [2.45, 2.75) is 19.4 Å². The van der Waals surface area contributed by atoms with Gasteiger partial charge in [-0.05, 0) is 19.5 Å².